The van der Waals surface area contributed by atoms with Crippen molar-refractivity contribution in [3.8, 4) is 44.5 Å². The first-order chi connectivity index (χ1) is 28.7. The zero-order valence-corrected chi connectivity index (χ0v) is 31.7. The maximum atomic E-state index is 5.43. The quantitative estimate of drug-likeness (QED) is 0.138. The fraction of sp³-hybridized carbons (Fsp3) is 0.0179. The molecule has 1 unspecified atom stereocenters. The van der Waals surface area contributed by atoms with Gasteiger partial charge in [0, 0.05) is 11.1 Å². The number of benzene rings is 10. The highest BCUT2D eigenvalue weighted by molar-refractivity contribution is 6.20. The highest BCUT2D eigenvalue weighted by Gasteiger charge is 2.25. The van der Waals surface area contributed by atoms with Crippen LogP contribution in [-0.4, -0.2) is 5.84 Å². The topological polar surface area (TPSA) is 24.4 Å². The van der Waals surface area contributed by atoms with Gasteiger partial charge in [-0.1, -0.05) is 188 Å². The second-order valence-electron chi connectivity index (χ2n) is 15.5. The van der Waals surface area contributed by atoms with Gasteiger partial charge in [-0.25, -0.2) is 4.99 Å². The largest absolute Gasteiger partial charge is 0.359 e. The number of fused-ring (bicyclic) bond motifs is 7. The van der Waals surface area contributed by atoms with Gasteiger partial charge in [-0.3, -0.25) is 0 Å². The van der Waals surface area contributed by atoms with Crippen molar-refractivity contribution in [2.45, 2.75) is 6.04 Å². The SMILES string of the molecule is C1=C(c2ccc3c(c2)-c2cccc4cccc-3c24)N=C(c2ccc(-c3c4ccccc4cc4c3ccc3ccccc34)cc2)NC1c1ccccc1-c1ccccc1. The summed E-state index contributed by atoms with van der Waals surface area (Å²) in [5.74, 6) is 0.858. The Morgan fingerprint density at radius 3 is 1.86 bits per heavy atom. The first-order valence-corrected chi connectivity index (χ1v) is 20.1. The Hall–Kier alpha value is -7.55. The number of nitrogens with zero attached hydrogens (tertiary/aromatic N) is 1. The predicted octanol–water partition coefficient (Wildman–Crippen LogP) is 14.4. The molecule has 270 valence electrons. The Morgan fingerprint density at radius 1 is 0.362 bits per heavy atom. The van der Waals surface area contributed by atoms with Crippen LogP contribution in [-0.2, 0) is 0 Å². The van der Waals surface area contributed by atoms with Crippen molar-refractivity contribution in [3.05, 3.63) is 223 Å². The van der Waals surface area contributed by atoms with Crippen LogP contribution in [0.25, 0.3) is 93.3 Å². The van der Waals surface area contributed by atoms with Crippen LogP contribution in [0.5, 0.6) is 0 Å². The maximum absolute atomic E-state index is 5.43. The molecule has 0 aromatic heterocycles. The summed E-state index contributed by atoms with van der Waals surface area (Å²) >= 11 is 0. The van der Waals surface area contributed by atoms with E-state index in [1.54, 1.807) is 0 Å². The molecule has 2 nitrogen and oxygen atoms in total. The molecular formula is C56H36N2. The van der Waals surface area contributed by atoms with Gasteiger partial charge in [0.05, 0.1) is 11.7 Å². The molecule has 1 aliphatic carbocycles. The average Bonchev–Trinajstić information content (AvgIpc) is 3.62. The van der Waals surface area contributed by atoms with Crippen molar-refractivity contribution >= 4 is 54.6 Å². The van der Waals surface area contributed by atoms with Crippen LogP contribution < -0.4 is 5.32 Å². The van der Waals surface area contributed by atoms with E-state index in [1.165, 1.54) is 93.2 Å². The summed E-state index contributed by atoms with van der Waals surface area (Å²) in [6, 6.07) is 72.9. The van der Waals surface area contributed by atoms with Gasteiger partial charge in [0.15, 0.2) is 0 Å². The normalized spacial score (nSPS) is 14.4. The Kier molecular flexibility index (Phi) is 7.33. The van der Waals surface area contributed by atoms with Gasteiger partial charge in [-0.05, 0) is 111 Å². The Labute approximate surface area is 337 Å². The Morgan fingerprint density at radius 2 is 1.02 bits per heavy atom. The molecule has 1 heterocycles. The summed E-state index contributed by atoms with van der Waals surface area (Å²) in [5, 5.41) is 14.1. The standard InChI is InChI=1S/C56H36N2/c1-2-12-35(13-3-1)42-18-8-9-21-46(42)53-34-52(41-29-30-45-47-22-10-16-37-17-11-23-48(55(37)47)51(45)33-41)57-56(58-53)39-26-24-38(25-27-39)54-44-20-7-5-15-40(44)32-50-43-19-6-4-14-36(43)28-31-49(50)54/h1-34,53H,(H,57,58). The van der Waals surface area contributed by atoms with Gasteiger partial charge in [0.1, 0.15) is 5.84 Å². The maximum Gasteiger partial charge on any atom is 0.134 e. The second kappa shape index (κ2) is 13.0. The molecule has 0 spiro atoms. The van der Waals surface area contributed by atoms with E-state index in [9.17, 15) is 0 Å². The first kappa shape index (κ1) is 32.7. The molecule has 2 aliphatic rings. The highest BCUT2D eigenvalue weighted by Crippen LogP contribution is 2.48. The van der Waals surface area contributed by atoms with E-state index in [4.69, 9.17) is 4.99 Å². The summed E-state index contributed by atoms with van der Waals surface area (Å²) in [7, 11) is 0. The van der Waals surface area contributed by atoms with Crippen LogP contribution in [0.3, 0.4) is 0 Å². The minimum absolute atomic E-state index is 0.109. The molecule has 10 aromatic rings. The van der Waals surface area contributed by atoms with Crippen molar-refractivity contribution in [2.75, 3.05) is 0 Å². The number of amidine groups is 1. The molecule has 10 aromatic carbocycles. The monoisotopic (exact) mass is 736 g/mol. The van der Waals surface area contributed by atoms with E-state index in [2.05, 4.69) is 212 Å². The van der Waals surface area contributed by atoms with Crippen molar-refractivity contribution in [2.24, 2.45) is 4.99 Å². The fourth-order valence-electron chi connectivity index (χ4n) is 9.54. The molecule has 12 rings (SSSR count). The minimum Gasteiger partial charge on any atom is -0.359 e. The van der Waals surface area contributed by atoms with Crippen LogP contribution in [0.2, 0.25) is 0 Å². The first-order valence-electron chi connectivity index (χ1n) is 20.1. The molecular weight excluding hydrogens is 701 g/mol. The minimum atomic E-state index is -0.109. The molecule has 0 saturated carbocycles. The van der Waals surface area contributed by atoms with Crippen molar-refractivity contribution in [1.82, 2.24) is 5.32 Å². The van der Waals surface area contributed by atoms with Crippen LogP contribution in [0.15, 0.2) is 211 Å². The lowest BCUT2D eigenvalue weighted by molar-refractivity contribution is 0.782. The molecule has 0 bridgehead atoms. The Balaban J connectivity index is 1.00. The second-order valence-corrected chi connectivity index (χ2v) is 15.5. The molecule has 58 heavy (non-hydrogen) atoms. The molecule has 2 heteroatoms. The van der Waals surface area contributed by atoms with E-state index >= 15 is 0 Å². The molecule has 0 saturated heterocycles. The van der Waals surface area contributed by atoms with E-state index in [0.29, 0.717) is 0 Å². The third-order valence-corrected chi connectivity index (χ3v) is 12.2. The number of hydrogen-bond acceptors (Lipinski definition) is 2. The summed E-state index contributed by atoms with van der Waals surface area (Å²) in [6.07, 6.45) is 2.30. The van der Waals surface area contributed by atoms with Crippen molar-refractivity contribution in [3.63, 3.8) is 0 Å². The van der Waals surface area contributed by atoms with Gasteiger partial charge in [-0.2, -0.15) is 0 Å². The van der Waals surface area contributed by atoms with Gasteiger partial charge < -0.3 is 5.32 Å². The van der Waals surface area contributed by atoms with Crippen LogP contribution >= 0.6 is 0 Å². The van der Waals surface area contributed by atoms with Gasteiger partial charge >= 0.3 is 0 Å². The van der Waals surface area contributed by atoms with Crippen molar-refractivity contribution in [1.29, 1.82) is 0 Å². The van der Waals surface area contributed by atoms with E-state index in [0.717, 1.165) is 22.7 Å². The summed E-state index contributed by atoms with van der Waals surface area (Å²) in [6.45, 7) is 0. The smallest absolute Gasteiger partial charge is 0.134 e. The molecule has 1 atom stereocenters. The third-order valence-electron chi connectivity index (χ3n) is 12.2. The van der Waals surface area contributed by atoms with E-state index < -0.39 is 0 Å². The number of aliphatic imine (C=N–C) groups is 1. The molecule has 1 N–H and O–H groups in total. The summed E-state index contributed by atoms with van der Waals surface area (Å²) in [5.41, 5.74) is 14.3. The zero-order chi connectivity index (χ0) is 38.2. The van der Waals surface area contributed by atoms with Crippen molar-refractivity contribution < 1.29 is 0 Å². The van der Waals surface area contributed by atoms with Gasteiger partial charge in [0.25, 0.3) is 0 Å². The fourth-order valence-corrected chi connectivity index (χ4v) is 9.54. The molecule has 0 fully saturated rings. The van der Waals surface area contributed by atoms with E-state index in [1.807, 2.05) is 0 Å². The molecule has 1 aliphatic heterocycles. The molecule has 0 amide bonds. The van der Waals surface area contributed by atoms with Crippen LogP contribution in [0, 0.1) is 0 Å². The lowest BCUT2D eigenvalue weighted by atomic mass is 9.89. The average molecular weight is 737 g/mol. The molecule has 0 radical (unpaired) electrons. The number of hydrogen-bond donors (Lipinski definition) is 1. The lowest BCUT2D eigenvalue weighted by Gasteiger charge is -2.26. The lowest BCUT2D eigenvalue weighted by Crippen LogP contribution is -2.31. The van der Waals surface area contributed by atoms with E-state index in [-0.39, 0.29) is 6.04 Å². The van der Waals surface area contributed by atoms with Crippen LogP contribution in [0.1, 0.15) is 22.7 Å². The van der Waals surface area contributed by atoms with Gasteiger partial charge in [-0.15, -0.1) is 0 Å². The third kappa shape index (κ3) is 5.16. The summed E-state index contributed by atoms with van der Waals surface area (Å²) < 4.78 is 0. The van der Waals surface area contributed by atoms with Gasteiger partial charge in [0.2, 0.25) is 0 Å². The number of rotatable bonds is 5. The predicted molar refractivity (Wildman–Crippen MR) is 245 cm³/mol. The Bertz CT molecular complexity index is 3350. The summed E-state index contributed by atoms with van der Waals surface area (Å²) in [4.78, 5) is 5.43. The highest BCUT2D eigenvalue weighted by atomic mass is 15.0. The van der Waals surface area contributed by atoms with Crippen LogP contribution in [0.4, 0.5) is 0 Å². The number of nitrogens with one attached hydrogen (secondary N) is 1. The zero-order valence-electron chi connectivity index (χ0n) is 31.7.